The molecule has 0 aliphatic carbocycles. The Kier molecular flexibility index (Phi) is 3.43. The zero-order valence-electron chi connectivity index (χ0n) is 10.3. The third kappa shape index (κ3) is 2.57. The average Bonchev–Trinajstić information content (AvgIpc) is 2.70. The minimum atomic E-state index is -0.111. The number of carbonyl (C=O) groups is 1. The number of nitrogens with zero attached hydrogens (tertiary/aromatic N) is 2. The first kappa shape index (κ1) is 12.3. The number of hydrogen-bond donors (Lipinski definition) is 2. The topological polar surface area (TPSA) is 67.2 Å². The number of aliphatic hydroxyl groups excluding tert-OH is 1. The van der Waals surface area contributed by atoms with Crippen LogP contribution in [-0.4, -0.2) is 20.8 Å². The molecule has 1 aromatic heterocycles. The van der Waals surface area contributed by atoms with Gasteiger partial charge >= 0.3 is 0 Å². The fourth-order valence-electron chi connectivity index (χ4n) is 1.71. The Morgan fingerprint density at radius 2 is 2.28 bits per heavy atom. The maximum Gasteiger partial charge on any atom is 0.221 e. The minimum Gasteiger partial charge on any atom is -0.392 e. The molecule has 0 saturated carbocycles. The van der Waals surface area contributed by atoms with E-state index in [1.54, 1.807) is 10.9 Å². The van der Waals surface area contributed by atoms with Gasteiger partial charge in [-0.05, 0) is 25.1 Å². The van der Waals surface area contributed by atoms with Crippen LogP contribution in [0, 0.1) is 6.92 Å². The molecule has 94 valence electrons. The summed E-state index contributed by atoms with van der Waals surface area (Å²) in [5.41, 5.74) is 3.14. The van der Waals surface area contributed by atoms with Crippen LogP contribution in [-0.2, 0) is 11.4 Å². The Balaban J connectivity index is 2.34. The molecule has 2 rings (SSSR count). The van der Waals surface area contributed by atoms with E-state index in [0.717, 1.165) is 22.6 Å². The summed E-state index contributed by atoms with van der Waals surface area (Å²) in [6.45, 7) is 3.28. The summed E-state index contributed by atoms with van der Waals surface area (Å²) in [5, 5.41) is 16.2. The molecular weight excluding hydrogens is 230 g/mol. The van der Waals surface area contributed by atoms with E-state index < -0.39 is 0 Å². The van der Waals surface area contributed by atoms with Gasteiger partial charge in [0, 0.05) is 24.4 Å². The fourth-order valence-corrected chi connectivity index (χ4v) is 1.71. The van der Waals surface area contributed by atoms with E-state index in [1.165, 1.54) is 6.92 Å². The van der Waals surface area contributed by atoms with E-state index in [2.05, 4.69) is 10.4 Å². The lowest BCUT2D eigenvalue weighted by molar-refractivity contribution is -0.114. The van der Waals surface area contributed by atoms with Gasteiger partial charge in [-0.3, -0.25) is 4.79 Å². The molecule has 5 heteroatoms. The summed E-state index contributed by atoms with van der Waals surface area (Å²) >= 11 is 0. The second-order valence-corrected chi connectivity index (χ2v) is 4.07. The van der Waals surface area contributed by atoms with Crippen molar-refractivity contribution in [1.29, 1.82) is 0 Å². The smallest absolute Gasteiger partial charge is 0.221 e. The molecule has 0 aliphatic rings. The van der Waals surface area contributed by atoms with Gasteiger partial charge in [0.1, 0.15) is 0 Å². The number of anilines is 1. The number of aryl methyl sites for hydroxylation is 1. The second kappa shape index (κ2) is 5.01. The molecule has 0 unspecified atom stereocenters. The van der Waals surface area contributed by atoms with Gasteiger partial charge in [0.25, 0.3) is 0 Å². The number of aliphatic hydroxyl groups is 1. The lowest BCUT2D eigenvalue weighted by Crippen LogP contribution is -2.06. The number of hydrogen-bond acceptors (Lipinski definition) is 3. The maximum absolute atomic E-state index is 11.0. The Morgan fingerprint density at radius 3 is 2.89 bits per heavy atom. The molecule has 1 amide bonds. The predicted molar refractivity (Wildman–Crippen MR) is 68.5 cm³/mol. The molecule has 0 radical (unpaired) electrons. The van der Waals surface area contributed by atoms with Crippen molar-refractivity contribution in [2.24, 2.45) is 0 Å². The zero-order chi connectivity index (χ0) is 13.1. The van der Waals surface area contributed by atoms with Crippen molar-refractivity contribution in [1.82, 2.24) is 9.78 Å². The van der Waals surface area contributed by atoms with Crippen molar-refractivity contribution >= 4 is 11.6 Å². The molecule has 1 heterocycles. The summed E-state index contributed by atoms with van der Waals surface area (Å²) in [6, 6.07) is 7.37. The summed E-state index contributed by atoms with van der Waals surface area (Å²) in [5.74, 6) is -0.111. The van der Waals surface area contributed by atoms with E-state index in [4.69, 9.17) is 5.11 Å². The van der Waals surface area contributed by atoms with Crippen molar-refractivity contribution in [3.8, 4) is 5.69 Å². The normalized spacial score (nSPS) is 10.4. The Labute approximate surface area is 105 Å². The van der Waals surface area contributed by atoms with E-state index in [1.807, 2.05) is 31.2 Å². The molecule has 0 atom stereocenters. The number of carbonyl (C=O) groups excluding carboxylic acids is 1. The Bertz CT molecular complexity index is 575. The number of amides is 1. The van der Waals surface area contributed by atoms with Crippen LogP contribution in [0.3, 0.4) is 0 Å². The van der Waals surface area contributed by atoms with Crippen molar-refractivity contribution in [3.05, 3.63) is 41.7 Å². The van der Waals surface area contributed by atoms with Gasteiger partial charge in [0.2, 0.25) is 5.91 Å². The first-order valence-electron chi connectivity index (χ1n) is 5.64. The van der Waals surface area contributed by atoms with Gasteiger partial charge in [-0.15, -0.1) is 0 Å². The first-order chi connectivity index (χ1) is 8.60. The van der Waals surface area contributed by atoms with Crippen LogP contribution in [0.4, 0.5) is 5.69 Å². The molecule has 2 N–H and O–H groups in total. The predicted octanol–water partition coefficient (Wildman–Crippen LogP) is 1.63. The second-order valence-electron chi connectivity index (χ2n) is 4.07. The maximum atomic E-state index is 11.0. The number of benzene rings is 1. The third-order valence-electron chi connectivity index (χ3n) is 2.60. The van der Waals surface area contributed by atoms with E-state index in [-0.39, 0.29) is 12.5 Å². The van der Waals surface area contributed by atoms with E-state index >= 15 is 0 Å². The Morgan fingerprint density at radius 1 is 1.50 bits per heavy atom. The lowest BCUT2D eigenvalue weighted by atomic mass is 10.2. The summed E-state index contributed by atoms with van der Waals surface area (Å²) in [4.78, 5) is 11.0. The highest BCUT2D eigenvalue weighted by Gasteiger charge is 2.06. The van der Waals surface area contributed by atoms with Crippen molar-refractivity contribution in [3.63, 3.8) is 0 Å². The van der Waals surface area contributed by atoms with Gasteiger partial charge < -0.3 is 10.4 Å². The first-order valence-corrected chi connectivity index (χ1v) is 5.64. The fraction of sp³-hybridized carbons (Fsp3) is 0.231. The monoisotopic (exact) mass is 245 g/mol. The molecule has 0 saturated heterocycles. The quantitative estimate of drug-likeness (QED) is 0.863. The largest absolute Gasteiger partial charge is 0.392 e. The van der Waals surface area contributed by atoms with Crippen molar-refractivity contribution < 1.29 is 9.90 Å². The zero-order valence-corrected chi connectivity index (χ0v) is 10.3. The third-order valence-corrected chi connectivity index (χ3v) is 2.60. The van der Waals surface area contributed by atoms with Crippen LogP contribution in [0.2, 0.25) is 0 Å². The number of aromatic nitrogens is 2. The molecule has 2 aromatic rings. The minimum absolute atomic E-state index is 0.0305. The van der Waals surface area contributed by atoms with Crippen LogP contribution in [0.5, 0.6) is 0 Å². The standard InChI is InChI=1S/C13H15N3O2/c1-9-11(8-17)7-16(15-9)13-5-3-4-12(6-13)14-10(2)18/h3-7,17H,8H2,1-2H3,(H,14,18). The van der Waals surface area contributed by atoms with Gasteiger partial charge in [0.15, 0.2) is 0 Å². The summed E-state index contributed by atoms with van der Waals surface area (Å²) < 4.78 is 1.69. The molecule has 18 heavy (non-hydrogen) atoms. The molecule has 0 bridgehead atoms. The van der Waals surface area contributed by atoms with Gasteiger partial charge in [-0.25, -0.2) is 4.68 Å². The van der Waals surface area contributed by atoms with Crippen LogP contribution in [0.15, 0.2) is 30.5 Å². The van der Waals surface area contributed by atoms with Crippen LogP contribution >= 0.6 is 0 Å². The number of nitrogens with one attached hydrogen (secondary N) is 1. The molecule has 0 fully saturated rings. The molecule has 5 nitrogen and oxygen atoms in total. The van der Waals surface area contributed by atoms with E-state index in [9.17, 15) is 4.79 Å². The van der Waals surface area contributed by atoms with Crippen molar-refractivity contribution in [2.75, 3.05) is 5.32 Å². The molecule has 0 aliphatic heterocycles. The van der Waals surface area contributed by atoms with Crippen LogP contribution < -0.4 is 5.32 Å². The summed E-state index contributed by atoms with van der Waals surface area (Å²) in [6.07, 6.45) is 1.78. The highest BCUT2D eigenvalue weighted by molar-refractivity contribution is 5.88. The molecule has 0 spiro atoms. The average molecular weight is 245 g/mol. The van der Waals surface area contributed by atoms with Crippen molar-refractivity contribution in [2.45, 2.75) is 20.5 Å². The van der Waals surface area contributed by atoms with Gasteiger partial charge in [-0.1, -0.05) is 6.07 Å². The summed E-state index contributed by atoms with van der Waals surface area (Å²) in [7, 11) is 0. The Hall–Kier alpha value is -2.14. The lowest BCUT2D eigenvalue weighted by Gasteiger charge is -2.05. The van der Waals surface area contributed by atoms with Crippen LogP contribution in [0.1, 0.15) is 18.2 Å². The highest BCUT2D eigenvalue weighted by atomic mass is 16.3. The molecule has 1 aromatic carbocycles. The molecular formula is C13H15N3O2. The van der Waals surface area contributed by atoms with E-state index in [0.29, 0.717) is 0 Å². The highest BCUT2D eigenvalue weighted by Crippen LogP contribution is 2.16. The SMILES string of the molecule is CC(=O)Nc1cccc(-n2cc(CO)c(C)n2)c1. The van der Waals surface area contributed by atoms with Gasteiger partial charge in [-0.2, -0.15) is 5.10 Å². The number of rotatable bonds is 3. The van der Waals surface area contributed by atoms with Gasteiger partial charge in [0.05, 0.1) is 18.0 Å². The van der Waals surface area contributed by atoms with Crippen LogP contribution in [0.25, 0.3) is 5.69 Å².